The van der Waals surface area contributed by atoms with E-state index in [9.17, 15) is 8.42 Å². The zero-order valence-electron chi connectivity index (χ0n) is 16.5. The fourth-order valence-corrected chi connectivity index (χ4v) is 8.82. The molecule has 30 heavy (non-hydrogen) atoms. The van der Waals surface area contributed by atoms with Gasteiger partial charge in [0.2, 0.25) is 0 Å². The van der Waals surface area contributed by atoms with Crippen LogP contribution in [-0.2, 0) is 13.7 Å². The van der Waals surface area contributed by atoms with Crippen LogP contribution in [0.2, 0.25) is 0 Å². The molecular weight excluding hydrogens is 412 g/mol. The first-order valence-corrected chi connectivity index (χ1v) is 12.5. The molecule has 4 rings (SSSR count). The van der Waals surface area contributed by atoms with Gasteiger partial charge in [0, 0.05) is 14.7 Å². The molecule has 3 nitrogen and oxygen atoms in total. The topological polar surface area (TPSA) is 43.4 Å². The van der Waals surface area contributed by atoms with E-state index < -0.39 is 20.4 Å². The quantitative estimate of drug-likeness (QED) is 0.343. The highest BCUT2D eigenvalue weighted by atomic mass is 32.3. The fourth-order valence-electron chi connectivity index (χ4n) is 3.37. The standard InChI is InChI=1S/C25H22O3S2/c1-21-13-11-12-20-25(21)29(22-14-5-2-6-15-22,23-16-7-3-8-17-23)28-30(26,27)24-18-9-4-10-19-24/h2-20H,1H3. The van der Waals surface area contributed by atoms with Gasteiger partial charge in [0.25, 0.3) is 0 Å². The summed E-state index contributed by atoms with van der Waals surface area (Å²) < 4.78 is 33.3. The van der Waals surface area contributed by atoms with Gasteiger partial charge >= 0.3 is 10.1 Å². The van der Waals surface area contributed by atoms with Crippen molar-refractivity contribution in [3.05, 3.63) is 121 Å². The molecule has 152 valence electrons. The van der Waals surface area contributed by atoms with Gasteiger partial charge < -0.3 is 0 Å². The molecule has 0 heterocycles. The zero-order valence-corrected chi connectivity index (χ0v) is 18.1. The Morgan fingerprint density at radius 3 is 1.40 bits per heavy atom. The van der Waals surface area contributed by atoms with Gasteiger partial charge in [-0.05, 0) is 65.3 Å². The van der Waals surface area contributed by atoms with Gasteiger partial charge in [-0.25, -0.2) is 3.63 Å². The Balaban J connectivity index is 2.05. The molecule has 0 bridgehead atoms. The van der Waals surface area contributed by atoms with Crippen molar-refractivity contribution in [2.75, 3.05) is 0 Å². The summed E-state index contributed by atoms with van der Waals surface area (Å²) in [6, 6.07) is 35.4. The van der Waals surface area contributed by atoms with Crippen LogP contribution in [0.4, 0.5) is 0 Å². The highest BCUT2D eigenvalue weighted by molar-refractivity contribution is 8.33. The largest absolute Gasteiger partial charge is 0.307 e. The van der Waals surface area contributed by atoms with Gasteiger partial charge in [-0.2, -0.15) is 8.42 Å². The molecule has 4 aromatic rings. The van der Waals surface area contributed by atoms with E-state index >= 15 is 0 Å². The summed E-state index contributed by atoms with van der Waals surface area (Å²) in [6.07, 6.45) is 0. The highest BCUT2D eigenvalue weighted by Gasteiger charge is 2.38. The first-order chi connectivity index (χ1) is 14.5. The molecule has 0 saturated carbocycles. The van der Waals surface area contributed by atoms with E-state index in [0.29, 0.717) is 0 Å². The second-order valence-corrected chi connectivity index (χ2v) is 11.2. The van der Waals surface area contributed by atoms with Crippen LogP contribution in [0.25, 0.3) is 0 Å². The molecule has 4 aromatic carbocycles. The predicted molar refractivity (Wildman–Crippen MR) is 121 cm³/mol. The maximum absolute atomic E-state index is 13.5. The first-order valence-electron chi connectivity index (χ1n) is 9.54. The molecule has 0 aliphatic carbocycles. The Kier molecular flexibility index (Phi) is 5.77. The molecule has 0 radical (unpaired) electrons. The Labute approximate surface area is 179 Å². The van der Waals surface area contributed by atoms with Crippen LogP contribution >= 0.6 is 10.3 Å². The SMILES string of the molecule is Cc1ccccc1S(OS(=O)(=O)c1ccccc1)(c1ccccc1)c1ccccc1. The number of benzene rings is 4. The van der Waals surface area contributed by atoms with E-state index in [1.807, 2.05) is 91.9 Å². The van der Waals surface area contributed by atoms with Gasteiger partial charge in [0.05, 0.1) is 4.90 Å². The van der Waals surface area contributed by atoms with E-state index in [-0.39, 0.29) is 4.90 Å². The minimum Gasteiger partial charge on any atom is -0.203 e. The summed E-state index contributed by atoms with van der Waals surface area (Å²) in [5.41, 5.74) is 0.975. The van der Waals surface area contributed by atoms with E-state index in [1.54, 1.807) is 30.3 Å². The van der Waals surface area contributed by atoms with E-state index in [2.05, 4.69) is 0 Å². The molecule has 0 N–H and O–H groups in total. The number of rotatable bonds is 6. The van der Waals surface area contributed by atoms with Crippen molar-refractivity contribution in [1.29, 1.82) is 0 Å². The monoisotopic (exact) mass is 434 g/mol. The number of aryl methyl sites for hydroxylation is 1. The average molecular weight is 435 g/mol. The Bertz CT molecular complexity index is 1180. The molecule has 0 aromatic heterocycles. The maximum Gasteiger partial charge on any atom is 0.307 e. The van der Waals surface area contributed by atoms with Crippen LogP contribution in [0.1, 0.15) is 5.56 Å². The molecule has 0 saturated heterocycles. The first kappa shape index (κ1) is 20.4. The normalized spacial score (nSPS) is 12.4. The van der Waals surface area contributed by atoms with Crippen molar-refractivity contribution in [1.82, 2.24) is 0 Å². The lowest BCUT2D eigenvalue weighted by molar-refractivity contribution is 0.508. The highest BCUT2D eigenvalue weighted by Crippen LogP contribution is 2.70. The van der Waals surface area contributed by atoms with Gasteiger partial charge in [0.1, 0.15) is 0 Å². The maximum atomic E-state index is 13.5. The van der Waals surface area contributed by atoms with Gasteiger partial charge in [-0.1, -0.05) is 72.8 Å². The van der Waals surface area contributed by atoms with Crippen LogP contribution in [-0.4, -0.2) is 8.42 Å². The third kappa shape index (κ3) is 3.79. The van der Waals surface area contributed by atoms with Crippen LogP contribution in [0, 0.1) is 6.92 Å². The molecule has 0 fully saturated rings. The third-order valence-electron chi connectivity index (χ3n) is 4.78. The van der Waals surface area contributed by atoms with Gasteiger partial charge in [0.15, 0.2) is 0 Å². The average Bonchev–Trinajstić information content (AvgIpc) is 2.80. The molecular formula is C25H22O3S2. The van der Waals surface area contributed by atoms with E-state index in [1.165, 1.54) is 0 Å². The summed E-state index contributed by atoms with van der Waals surface area (Å²) in [5, 5.41) is 0. The molecule has 0 spiro atoms. The van der Waals surface area contributed by atoms with Crippen LogP contribution in [0.3, 0.4) is 0 Å². The molecule has 0 amide bonds. The fraction of sp³-hybridized carbons (Fsp3) is 0.0400. The minimum absolute atomic E-state index is 0.141. The smallest absolute Gasteiger partial charge is 0.203 e. The van der Waals surface area contributed by atoms with Gasteiger partial charge in [-0.3, -0.25) is 0 Å². The van der Waals surface area contributed by atoms with E-state index in [4.69, 9.17) is 3.63 Å². The molecule has 0 aliphatic heterocycles. The lowest BCUT2D eigenvalue weighted by atomic mass is 10.2. The van der Waals surface area contributed by atoms with Crippen LogP contribution in [0.15, 0.2) is 135 Å². The van der Waals surface area contributed by atoms with Crippen LogP contribution in [0.5, 0.6) is 0 Å². The zero-order chi connectivity index (χ0) is 21.0. The third-order valence-corrected chi connectivity index (χ3v) is 10.1. The molecule has 5 heteroatoms. The summed E-state index contributed by atoms with van der Waals surface area (Å²) in [6.45, 7) is 1.99. The Hall–Kier alpha value is -2.86. The molecule has 0 atom stereocenters. The van der Waals surface area contributed by atoms with Crippen molar-refractivity contribution in [2.45, 2.75) is 26.5 Å². The number of hydrogen-bond acceptors (Lipinski definition) is 3. The summed E-state index contributed by atoms with van der Waals surface area (Å²) in [5.74, 6) is 0. The van der Waals surface area contributed by atoms with Crippen molar-refractivity contribution >= 4 is 20.4 Å². The van der Waals surface area contributed by atoms with Crippen molar-refractivity contribution < 1.29 is 12.0 Å². The predicted octanol–water partition coefficient (Wildman–Crippen LogP) is 6.60. The Morgan fingerprint density at radius 1 is 0.533 bits per heavy atom. The van der Waals surface area contributed by atoms with Crippen molar-refractivity contribution in [3.63, 3.8) is 0 Å². The lowest BCUT2D eigenvalue weighted by Gasteiger charge is -2.40. The second-order valence-electron chi connectivity index (χ2n) is 6.78. The van der Waals surface area contributed by atoms with E-state index in [0.717, 1.165) is 20.2 Å². The second kappa shape index (κ2) is 8.48. The lowest BCUT2D eigenvalue weighted by Crippen LogP contribution is -2.15. The molecule has 0 unspecified atom stereocenters. The Morgan fingerprint density at radius 2 is 0.933 bits per heavy atom. The van der Waals surface area contributed by atoms with Gasteiger partial charge in [-0.15, -0.1) is 0 Å². The summed E-state index contributed by atoms with van der Waals surface area (Å²) in [7, 11) is -6.60. The minimum atomic E-state index is -4.04. The van der Waals surface area contributed by atoms with Crippen LogP contribution < -0.4 is 0 Å². The number of hydrogen-bond donors (Lipinski definition) is 0. The van der Waals surface area contributed by atoms with Crippen molar-refractivity contribution in [2.24, 2.45) is 0 Å². The van der Waals surface area contributed by atoms with Crippen molar-refractivity contribution in [3.8, 4) is 0 Å². The summed E-state index contributed by atoms with van der Waals surface area (Å²) in [4.78, 5) is 2.65. The molecule has 0 aliphatic rings. The summed E-state index contributed by atoms with van der Waals surface area (Å²) >= 11 is 0.